The van der Waals surface area contributed by atoms with E-state index < -0.39 is 31.3 Å². The van der Waals surface area contributed by atoms with Crippen LogP contribution in [-0.4, -0.2) is 45.1 Å². The standard InChI is InChI=1S/C20H23N3O5S3/c1-14-18(19(21)24)23(31(3,27)28)20(29-14)22(13-15-7-5-4-6-8-15)16-9-11-17(12-10-16)30(2,25)26/h4-12,20H,13H2,1-3H3,(H2,21,24). The molecule has 1 unspecified atom stereocenters. The summed E-state index contributed by atoms with van der Waals surface area (Å²) in [6.45, 7) is 1.97. The maximum Gasteiger partial charge on any atom is 0.266 e. The lowest BCUT2D eigenvalue weighted by Crippen LogP contribution is -2.47. The lowest BCUT2D eigenvalue weighted by atomic mass is 10.2. The molecule has 2 aromatic rings. The summed E-state index contributed by atoms with van der Waals surface area (Å²) in [7, 11) is -7.22. The first-order valence-electron chi connectivity index (χ1n) is 9.17. The quantitative estimate of drug-likeness (QED) is 0.643. The molecule has 3 rings (SSSR count). The van der Waals surface area contributed by atoms with Crippen molar-refractivity contribution in [2.24, 2.45) is 5.73 Å². The van der Waals surface area contributed by atoms with Crippen molar-refractivity contribution in [2.45, 2.75) is 23.9 Å². The zero-order chi connectivity index (χ0) is 23.0. The Morgan fingerprint density at radius 1 is 1.03 bits per heavy atom. The third-order valence-corrected chi connectivity index (χ3v) is 8.27. The number of sulfone groups is 1. The van der Waals surface area contributed by atoms with E-state index in [0.717, 1.165) is 22.4 Å². The van der Waals surface area contributed by atoms with Crippen molar-refractivity contribution < 1.29 is 21.6 Å². The molecule has 0 saturated carbocycles. The van der Waals surface area contributed by atoms with Gasteiger partial charge in [-0.2, -0.15) is 0 Å². The van der Waals surface area contributed by atoms with Crippen molar-refractivity contribution in [2.75, 3.05) is 17.4 Å². The van der Waals surface area contributed by atoms with Gasteiger partial charge in [0.25, 0.3) is 5.91 Å². The van der Waals surface area contributed by atoms with Crippen LogP contribution in [0.15, 0.2) is 70.1 Å². The van der Waals surface area contributed by atoms with Gasteiger partial charge in [-0.1, -0.05) is 42.1 Å². The minimum absolute atomic E-state index is 0.0664. The van der Waals surface area contributed by atoms with Gasteiger partial charge < -0.3 is 10.6 Å². The number of carbonyl (C=O) groups excluding carboxylic acids is 1. The van der Waals surface area contributed by atoms with Crippen LogP contribution in [0.1, 0.15) is 12.5 Å². The molecule has 0 aromatic heterocycles. The van der Waals surface area contributed by atoms with E-state index in [2.05, 4.69) is 0 Å². The number of carbonyl (C=O) groups is 1. The van der Waals surface area contributed by atoms with E-state index in [1.807, 2.05) is 30.3 Å². The van der Waals surface area contributed by atoms with Gasteiger partial charge in [0.2, 0.25) is 10.0 Å². The molecule has 166 valence electrons. The van der Waals surface area contributed by atoms with Gasteiger partial charge in [-0.25, -0.2) is 21.1 Å². The van der Waals surface area contributed by atoms with Crippen LogP contribution in [0.5, 0.6) is 0 Å². The Hall–Kier alpha value is -2.50. The van der Waals surface area contributed by atoms with Gasteiger partial charge in [0.15, 0.2) is 15.3 Å². The Balaban J connectivity index is 2.11. The minimum atomic E-state index is -3.84. The van der Waals surface area contributed by atoms with E-state index in [1.54, 1.807) is 24.0 Å². The van der Waals surface area contributed by atoms with Crippen molar-refractivity contribution in [1.29, 1.82) is 0 Å². The molecule has 1 aliphatic rings. The van der Waals surface area contributed by atoms with Crippen LogP contribution in [0, 0.1) is 0 Å². The number of amides is 1. The fourth-order valence-electron chi connectivity index (χ4n) is 3.29. The Bertz CT molecular complexity index is 1220. The highest BCUT2D eigenvalue weighted by atomic mass is 32.2. The van der Waals surface area contributed by atoms with E-state index >= 15 is 0 Å². The second kappa shape index (κ2) is 8.56. The van der Waals surface area contributed by atoms with E-state index in [0.29, 0.717) is 17.1 Å². The summed E-state index contributed by atoms with van der Waals surface area (Å²) in [6.07, 6.45) is 2.14. The number of anilines is 1. The van der Waals surface area contributed by atoms with Gasteiger partial charge in [0, 0.05) is 23.4 Å². The molecule has 0 bridgehead atoms. The number of sulfonamides is 1. The van der Waals surface area contributed by atoms with Gasteiger partial charge in [-0.3, -0.25) is 4.79 Å². The molecule has 2 aromatic carbocycles. The van der Waals surface area contributed by atoms with Crippen LogP contribution >= 0.6 is 11.8 Å². The van der Waals surface area contributed by atoms with E-state index in [9.17, 15) is 21.6 Å². The molecule has 1 aliphatic heterocycles. The number of allylic oxidation sites excluding steroid dienone is 1. The number of primary amides is 1. The molecule has 0 radical (unpaired) electrons. The Morgan fingerprint density at radius 3 is 2.10 bits per heavy atom. The SMILES string of the molecule is CC1=C(C(N)=O)N(S(C)(=O)=O)C(N(Cc2ccccc2)c2ccc(S(C)(=O)=O)cc2)S1. The first-order chi connectivity index (χ1) is 14.4. The van der Waals surface area contributed by atoms with Crippen molar-refractivity contribution in [3.05, 3.63) is 70.8 Å². The largest absolute Gasteiger partial charge is 0.364 e. The van der Waals surface area contributed by atoms with Crippen LogP contribution < -0.4 is 10.6 Å². The zero-order valence-electron chi connectivity index (χ0n) is 17.2. The molecule has 31 heavy (non-hydrogen) atoms. The number of nitrogens with two attached hydrogens (primary N) is 1. The third kappa shape index (κ3) is 5.05. The molecule has 0 spiro atoms. The van der Waals surface area contributed by atoms with Crippen molar-refractivity contribution in [3.8, 4) is 0 Å². The highest BCUT2D eigenvalue weighted by Crippen LogP contribution is 2.43. The third-order valence-electron chi connectivity index (χ3n) is 4.69. The summed E-state index contributed by atoms with van der Waals surface area (Å²) in [6, 6.07) is 15.6. The van der Waals surface area contributed by atoms with Crippen LogP contribution in [0.25, 0.3) is 0 Å². The molecule has 0 saturated heterocycles. The molecule has 0 fully saturated rings. The second-order valence-corrected chi connectivity index (χ2v) is 12.3. The van der Waals surface area contributed by atoms with Crippen LogP contribution in [-0.2, 0) is 31.2 Å². The predicted octanol–water partition coefficient (Wildman–Crippen LogP) is 2.11. The number of hydrogen-bond donors (Lipinski definition) is 1. The van der Waals surface area contributed by atoms with E-state index in [1.165, 1.54) is 23.9 Å². The van der Waals surface area contributed by atoms with Crippen LogP contribution in [0.3, 0.4) is 0 Å². The van der Waals surface area contributed by atoms with E-state index in [4.69, 9.17) is 5.73 Å². The summed E-state index contributed by atoms with van der Waals surface area (Å²) in [5, 5.41) is 0. The second-order valence-electron chi connectivity index (χ2n) is 7.15. The average Bonchev–Trinajstić information content (AvgIpc) is 3.04. The number of hydrogen-bond acceptors (Lipinski definition) is 7. The Labute approximate surface area is 186 Å². The maximum atomic E-state index is 12.6. The van der Waals surface area contributed by atoms with Crippen LogP contribution in [0.2, 0.25) is 0 Å². The predicted molar refractivity (Wildman–Crippen MR) is 122 cm³/mol. The Morgan fingerprint density at radius 2 is 1.61 bits per heavy atom. The monoisotopic (exact) mass is 481 g/mol. The van der Waals surface area contributed by atoms with Gasteiger partial charge in [-0.05, 0) is 36.8 Å². The minimum Gasteiger partial charge on any atom is -0.364 e. The molecule has 1 heterocycles. The van der Waals surface area contributed by atoms with Crippen LogP contribution in [0.4, 0.5) is 5.69 Å². The molecular weight excluding hydrogens is 458 g/mol. The molecular formula is C20H23N3O5S3. The van der Waals surface area contributed by atoms with Gasteiger partial charge in [0.05, 0.1) is 11.2 Å². The maximum absolute atomic E-state index is 12.6. The van der Waals surface area contributed by atoms with Gasteiger partial charge in [-0.15, -0.1) is 0 Å². The fourth-order valence-corrected chi connectivity index (χ4v) is 6.73. The molecule has 1 amide bonds. The molecule has 1 atom stereocenters. The molecule has 8 nitrogen and oxygen atoms in total. The summed E-state index contributed by atoms with van der Waals surface area (Å²) >= 11 is 1.20. The molecule has 2 N–H and O–H groups in total. The number of benzene rings is 2. The number of nitrogens with zero attached hydrogens (tertiary/aromatic N) is 2. The normalized spacial score (nSPS) is 17.1. The summed E-state index contributed by atoms with van der Waals surface area (Å²) < 4.78 is 50.0. The highest BCUT2D eigenvalue weighted by Gasteiger charge is 2.42. The lowest BCUT2D eigenvalue weighted by Gasteiger charge is -2.36. The van der Waals surface area contributed by atoms with Crippen molar-refractivity contribution in [1.82, 2.24) is 4.31 Å². The lowest BCUT2D eigenvalue weighted by molar-refractivity contribution is -0.115. The summed E-state index contributed by atoms with van der Waals surface area (Å²) in [4.78, 5) is 14.5. The van der Waals surface area contributed by atoms with Crippen molar-refractivity contribution in [3.63, 3.8) is 0 Å². The first-order valence-corrected chi connectivity index (χ1v) is 13.8. The summed E-state index contributed by atoms with van der Waals surface area (Å²) in [5.74, 6) is -0.829. The van der Waals surface area contributed by atoms with Gasteiger partial charge in [0.1, 0.15) is 5.70 Å². The topological polar surface area (TPSA) is 118 Å². The van der Waals surface area contributed by atoms with Gasteiger partial charge >= 0.3 is 0 Å². The molecule has 0 aliphatic carbocycles. The number of rotatable bonds is 7. The molecule has 11 heteroatoms. The smallest absolute Gasteiger partial charge is 0.266 e. The highest BCUT2D eigenvalue weighted by molar-refractivity contribution is 8.04. The Kier molecular flexibility index (Phi) is 6.40. The average molecular weight is 482 g/mol. The van der Waals surface area contributed by atoms with Crippen molar-refractivity contribution >= 4 is 43.2 Å². The van der Waals surface area contributed by atoms with E-state index in [-0.39, 0.29) is 10.6 Å². The fraction of sp³-hybridized carbons (Fsp3) is 0.250. The zero-order valence-corrected chi connectivity index (χ0v) is 19.7. The summed E-state index contributed by atoms with van der Waals surface area (Å²) in [5.41, 5.74) is 6.13. The first kappa shape index (κ1) is 23.2. The number of thioether (sulfide) groups is 1.